The molecule has 0 radical (unpaired) electrons. The number of nitrogen functional groups attached to an aromatic ring is 1. The molecule has 2 atom stereocenters. The monoisotopic (exact) mass is 264 g/mol. The highest BCUT2D eigenvalue weighted by molar-refractivity contribution is 7.16. The van der Waals surface area contributed by atoms with Crippen LogP contribution in [-0.4, -0.2) is 34.3 Å². The number of rotatable bonds is 1. The van der Waals surface area contributed by atoms with E-state index < -0.39 is 0 Å². The van der Waals surface area contributed by atoms with Crippen LogP contribution in [0.3, 0.4) is 0 Å². The van der Waals surface area contributed by atoms with Gasteiger partial charge in [0.05, 0.1) is 11.5 Å². The second-order valence-corrected chi connectivity index (χ2v) is 5.72. The third kappa shape index (κ3) is 1.91. The molecule has 2 unspecified atom stereocenters. The Morgan fingerprint density at radius 3 is 3.11 bits per heavy atom. The van der Waals surface area contributed by atoms with Crippen LogP contribution >= 0.6 is 11.3 Å². The maximum atomic E-state index is 9.79. The van der Waals surface area contributed by atoms with Crippen LogP contribution < -0.4 is 10.6 Å². The highest BCUT2D eigenvalue weighted by atomic mass is 32.1. The number of nitrogens with two attached hydrogens (primary N) is 1. The zero-order valence-corrected chi connectivity index (χ0v) is 11.0. The van der Waals surface area contributed by atoms with Gasteiger partial charge < -0.3 is 15.7 Å². The van der Waals surface area contributed by atoms with E-state index in [-0.39, 0.29) is 12.0 Å². The Balaban J connectivity index is 2.01. The zero-order chi connectivity index (χ0) is 12.7. The van der Waals surface area contributed by atoms with Crippen LogP contribution in [0.2, 0.25) is 0 Å². The highest BCUT2D eigenvalue weighted by Crippen LogP contribution is 2.31. The maximum absolute atomic E-state index is 9.79. The molecule has 3 rings (SSSR count). The molecule has 1 fully saturated rings. The van der Waals surface area contributed by atoms with Gasteiger partial charge in [0.15, 0.2) is 0 Å². The summed E-state index contributed by atoms with van der Waals surface area (Å²) in [6, 6.07) is 2.03. The van der Waals surface area contributed by atoms with E-state index in [1.807, 2.05) is 11.4 Å². The van der Waals surface area contributed by atoms with E-state index >= 15 is 0 Å². The molecule has 6 heteroatoms. The summed E-state index contributed by atoms with van der Waals surface area (Å²) in [4.78, 5) is 11.7. The van der Waals surface area contributed by atoms with Gasteiger partial charge in [0.2, 0.25) is 5.95 Å². The molecule has 96 valence electrons. The molecule has 1 aliphatic heterocycles. The smallest absolute Gasteiger partial charge is 0.223 e. The number of piperidine rings is 1. The van der Waals surface area contributed by atoms with Crippen LogP contribution in [0.1, 0.15) is 13.3 Å². The van der Waals surface area contributed by atoms with Crippen LogP contribution in [0.4, 0.5) is 11.8 Å². The molecular weight excluding hydrogens is 248 g/mol. The van der Waals surface area contributed by atoms with E-state index in [1.54, 1.807) is 11.3 Å². The fourth-order valence-corrected chi connectivity index (χ4v) is 3.19. The fraction of sp³-hybridized carbons (Fsp3) is 0.500. The molecule has 0 bridgehead atoms. The Kier molecular flexibility index (Phi) is 2.83. The first kappa shape index (κ1) is 11.7. The van der Waals surface area contributed by atoms with E-state index in [4.69, 9.17) is 5.73 Å². The minimum absolute atomic E-state index is 0.210. The van der Waals surface area contributed by atoms with Crippen LogP contribution in [0.5, 0.6) is 0 Å². The number of thiophene rings is 1. The summed E-state index contributed by atoms with van der Waals surface area (Å²) < 4.78 is 0. The first-order valence-electron chi connectivity index (χ1n) is 6.09. The number of aromatic nitrogens is 2. The minimum Gasteiger partial charge on any atom is -0.393 e. The van der Waals surface area contributed by atoms with Gasteiger partial charge in [0.25, 0.3) is 0 Å². The summed E-state index contributed by atoms with van der Waals surface area (Å²) in [5.41, 5.74) is 5.76. The molecule has 1 saturated heterocycles. The van der Waals surface area contributed by atoms with Crippen molar-refractivity contribution in [3.8, 4) is 0 Å². The van der Waals surface area contributed by atoms with Crippen molar-refractivity contribution in [3.63, 3.8) is 0 Å². The van der Waals surface area contributed by atoms with Crippen LogP contribution in [0.15, 0.2) is 11.4 Å². The van der Waals surface area contributed by atoms with Crippen molar-refractivity contribution in [2.24, 2.45) is 5.92 Å². The zero-order valence-electron chi connectivity index (χ0n) is 10.2. The lowest BCUT2D eigenvalue weighted by Crippen LogP contribution is -2.42. The van der Waals surface area contributed by atoms with Gasteiger partial charge in [-0.25, -0.2) is 4.98 Å². The lowest BCUT2D eigenvalue weighted by atomic mass is 9.97. The quantitative estimate of drug-likeness (QED) is 0.816. The molecule has 0 saturated carbocycles. The van der Waals surface area contributed by atoms with Crippen molar-refractivity contribution in [3.05, 3.63) is 11.4 Å². The van der Waals surface area contributed by atoms with E-state index in [0.29, 0.717) is 5.95 Å². The fourth-order valence-electron chi connectivity index (χ4n) is 2.42. The molecule has 0 spiro atoms. The molecule has 5 nitrogen and oxygen atoms in total. The number of hydrogen-bond acceptors (Lipinski definition) is 6. The number of anilines is 2. The molecule has 1 aliphatic rings. The molecule has 2 aromatic rings. The van der Waals surface area contributed by atoms with Crippen molar-refractivity contribution >= 4 is 33.3 Å². The van der Waals surface area contributed by atoms with Gasteiger partial charge in [0, 0.05) is 13.1 Å². The number of fused-ring (bicyclic) bond motifs is 1. The molecule has 3 heterocycles. The van der Waals surface area contributed by atoms with E-state index in [1.165, 1.54) is 0 Å². The number of hydrogen-bond donors (Lipinski definition) is 2. The molecule has 18 heavy (non-hydrogen) atoms. The predicted octanol–water partition coefficient (Wildman–Crippen LogP) is 1.48. The molecule has 0 aromatic carbocycles. The predicted molar refractivity (Wildman–Crippen MR) is 73.8 cm³/mol. The Labute approximate surface area is 109 Å². The van der Waals surface area contributed by atoms with Crippen molar-refractivity contribution in [2.45, 2.75) is 19.4 Å². The average molecular weight is 264 g/mol. The first-order valence-corrected chi connectivity index (χ1v) is 6.97. The third-order valence-electron chi connectivity index (χ3n) is 3.48. The number of aliphatic hydroxyl groups is 1. The third-order valence-corrected chi connectivity index (χ3v) is 4.29. The Morgan fingerprint density at radius 2 is 2.33 bits per heavy atom. The van der Waals surface area contributed by atoms with Crippen LogP contribution in [-0.2, 0) is 0 Å². The SMILES string of the molecule is CC1CN(c2nc(N)nc3sccc23)CCC1O. The summed E-state index contributed by atoms with van der Waals surface area (Å²) in [6.07, 6.45) is 0.565. The summed E-state index contributed by atoms with van der Waals surface area (Å²) in [5.74, 6) is 1.47. The maximum Gasteiger partial charge on any atom is 0.223 e. The second kappa shape index (κ2) is 4.37. The lowest BCUT2D eigenvalue weighted by molar-refractivity contribution is 0.0970. The topological polar surface area (TPSA) is 75.3 Å². The van der Waals surface area contributed by atoms with E-state index in [2.05, 4.69) is 21.8 Å². The summed E-state index contributed by atoms with van der Waals surface area (Å²) in [7, 11) is 0. The van der Waals surface area contributed by atoms with Crippen LogP contribution in [0, 0.1) is 5.92 Å². The standard InChI is InChI=1S/C12H16N4OS/c1-7-6-16(4-2-9(7)17)10-8-3-5-18-11(8)15-12(13)14-10/h3,5,7,9,17H,2,4,6H2,1H3,(H2,13,14,15). The molecule has 2 aromatic heterocycles. The normalized spacial score (nSPS) is 24.7. The minimum atomic E-state index is -0.210. The number of nitrogens with zero attached hydrogens (tertiary/aromatic N) is 3. The highest BCUT2D eigenvalue weighted by Gasteiger charge is 2.26. The van der Waals surface area contributed by atoms with Gasteiger partial charge in [-0.05, 0) is 23.8 Å². The van der Waals surface area contributed by atoms with Gasteiger partial charge >= 0.3 is 0 Å². The average Bonchev–Trinajstić information content (AvgIpc) is 2.79. The van der Waals surface area contributed by atoms with Gasteiger partial charge in [-0.3, -0.25) is 0 Å². The number of aliphatic hydroxyl groups excluding tert-OH is 1. The Bertz CT molecular complexity index is 570. The molecule has 0 aliphatic carbocycles. The van der Waals surface area contributed by atoms with Crippen LogP contribution in [0.25, 0.3) is 10.2 Å². The second-order valence-electron chi connectivity index (χ2n) is 4.82. The Morgan fingerprint density at radius 1 is 1.50 bits per heavy atom. The van der Waals surface area contributed by atoms with Crippen molar-refractivity contribution in [1.29, 1.82) is 0 Å². The first-order chi connectivity index (χ1) is 8.65. The van der Waals surface area contributed by atoms with Gasteiger partial charge in [-0.15, -0.1) is 11.3 Å². The molecular formula is C12H16N4OS. The molecule has 0 amide bonds. The van der Waals surface area contributed by atoms with Gasteiger partial charge in [-0.2, -0.15) is 4.98 Å². The van der Waals surface area contributed by atoms with Gasteiger partial charge in [0.1, 0.15) is 10.6 Å². The van der Waals surface area contributed by atoms with Gasteiger partial charge in [-0.1, -0.05) is 6.92 Å². The van der Waals surface area contributed by atoms with E-state index in [0.717, 1.165) is 35.5 Å². The van der Waals surface area contributed by atoms with E-state index in [9.17, 15) is 5.11 Å². The largest absolute Gasteiger partial charge is 0.393 e. The Hall–Kier alpha value is -1.40. The summed E-state index contributed by atoms with van der Waals surface area (Å²) in [5, 5.41) is 12.8. The van der Waals surface area contributed by atoms with Crippen molar-refractivity contribution < 1.29 is 5.11 Å². The summed E-state index contributed by atoms with van der Waals surface area (Å²) in [6.45, 7) is 3.68. The lowest BCUT2D eigenvalue weighted by Gasteiger charge is -2.35. The van der Waals surface area contributed by atoms with Crippen molar-refractivity contribution in [2.75, 3.05) is 23.7 Å². The molecule has 3 N–H and O–H groups in total. The van der Waals surface area contributed by atoms with Crippen molar-refractivity contribution in [1.82, 2.24) is 9.97 Å². The summed E-state index contributed by atoms with van der Waals surface area (Å²) >= 11 is 1.57.